The Balaban J connectivity index is 2.88. The minimum Gasteiger partial charge on any atom is -0.480 e. The van der Waals surface area contributed by atoms with Gasteiger partial charge in [-0.05, 0) is 0 Å². The van der Waals surface area contributed by atoms with Gasteiger partial charge < -0.3 is 47.7 Å². The van der Waals surface area contributed by atoms with Crippen LogP contribution in [0.1, 0.15) is 12.1 Å². The van der Waals surface area contributed by atoms with Crippen LogP contribution >= 0.6 is 0 Å². The molecule has 1 rings (SSSR count). The van der Waals surface area contributed by atoms with Gasteiger partial charge in [-0.15, -0.1) is 0 Å². The number of carboxylic acid groups (broad SMARTS) is 1. The van der Waals surface area contributed by atoms with Crippen LogP contribution in [0.15, 0.2) is 12.5 Å². The van der Waals surface area contributed by atoms with Gasteiger partial charge in [-0.25, -0.2) is 9.78 Å². The highest BCUT2D eigenvalue weighted by molar-refractivity contribution is 5.96. The van der Waals surface area contributed by atoms with Gasteiger partial charge in [-0.1, -0.05) is 0 Å². The van der Waals surface area contributed by atoms with Crippen molar-refractivity contribution in [1.29, 1.82) is 0 Å². The van der Waals surface area contributed by atoms with E-state index in [1.807, 2.05) is 0 Å². The van der Waals surface area contributed by atoms with Crippen molar-refractivity contribution < 1.29 is 39.3 Å². The zero-order valence-electron chi connectivity index (χ0n) is 16.3. The lowest BCUT2D eigenvalue weighted by molar-refractivity contribution is -0.142. The van der Waals surface area contributed by atoms with Crippen molar-refractivity contribution in [2.24, 2.45) is 11.5 Å². The largest absolute Gasteiger partial charge is 0.480 e. The number of aromatic amines is 1. The van der Waals surface area contributed by atoms with Gasteiger partial charge in [0.15, 0.2) is 0 Å². The summed E-state index contributed by atoms with van der Waals surface area (Å²) >= 11 is 0. The Bertz CT molecular complexity index is 785. The molecule has 0 radical (unpaired) electrons. The molecule has 31 heavy (non-hydrogen) atoms. The monoisotopic (exact) mass is 443 g/mol. The molecule has 0 saturated heterocycles. The summed E-state index contributed by atoms with van der Waals surface area (Å²) in [5.74, 6) is -5.41. The maximum Gasteiger partial charge on any atom is 0.326 e. The van der Waals surface area contributed by atoms with E-state index in [2.05, 4.69) is 25.9 Å². The number of primary amides is 1. The molecule has 0 aliphatic rings. The van der Waals surface area contributed by atoms with Gasteiger partial charge >= 0.3 is 5.97 Å². The number of imidazole rings is 1. The molecule has 0 aliphatic carbocycles. The molecule has 0 aromatic carbocycles. The van der Waals surface area contributed by atoms with Gasteiger partial charge in [0.05, 0.1) is 26.0 Å². The zero-order chi connectivity index (χ0) is 23.6. The second-order valence-electron chi connectivity index (χ2n) is 6.44. The standard InChI is InChI=1S/C16H25N7O8/c17-8(4-24)13(27)23-11(5-25)15(29)21-9(2-12(18)26)14(28)22-10(16(30)31)1-7-3-19-6-20-7/h3,6,8-11,24-25H,1-2,4-5,17H2,(H2,18,26)(H,19,20)(H,21,29)(H,22,28)(H,23,27)(H,30,31). The van der Waals surface area contributed by atoms with E-state index in [9.17, 15) is 34.2 Å². The number of aliphatic hydroxyl groups excluding tert-OH is 2. The molecule has 1 heterocycles. The van der Waals surface area contributed by atoms with Crippen molar-refractivity contribution in [1.82, 2.24) is 25.9 Å². The number of rotatable bonds is 13. The fourth-order valence-electron chi connectivity index (χ4n) is 2.33. The lowest BCUT2D eigenvalue weighted by atomic mass is 10.1. The molecule has 0 spiro atoms. The van der Waals surface area contributed by atoms with Gasteiger partial charge in [0.2, 0.25) is 23.6 Å². The number of aromatic nitrogens is 2. The van der Waals surface area contributed by atoms with E-state index in [4.69, 9.17) is 16.6 Å². The summed E-state index contributed by atoms with van der Waals surface area (Å²) in [6.45, 7) is -1.61. The number of carboxylic acids is 1. The van der Waals surface area contributed by atoms with E-state index in [1.165, 1.54) is 12.5 Å². The van der Waals surface area contributed by atoms with Crippen molar-refractivity contribution >= 4 is 29.6 Å². The summed E-state index contributed by atoms with van der Waals surface area (Å²) in [6, 6.07) is -5.93. The van der Waals surface area contributed by atoms with Crippen LogP contribution in [0.3, 0.4) is 0 Å². The summed E-state index contributed by atoms with van der Waals surface area (Å²) in [5.41, 5.74) is 10.8. The number of hydrogen-bond acceptors (Lipinski definition) is 9. The van der Waals surface area contributed by atoms with E-state index < -0.39 is 73.4 Å². The maximum atomic E-state index is 12.5. The van der Waals surface area contributed by atoms with Crippen LogP contribution in [0, 0.1) is 0 Å². The summed E-state index contributed by atoms with van der Waals surface area (Å²) in [6.07, 6.45) is 1.83. The van der Waals surface area contributed by atoms with Crippen LogP contribution in [-0.2, 0) is 30.4 Å². The molecule has 172 valence electrons. The second-order valence-corrected chi connectivity index (χ2v) is 6.44. The summed E-state index contributed by atoms with van der Waals surface area (Å²) in [7, 11) is 0. The Kier molecular flexibility index (Phi) is 10.0. The van der Waals surface area contributed by atoms with Gasteiger partial charge in [-0.3, -0.25) is 19.2 Å². The molecule has 15 nitrogen and oxygen atoms in total. The number of hydrogen-bond donors (Lipinski definition) is 9. The minimum absolute atomic E-state index is 0.160. The summed E-state index contributed by atoms with van der Waals surface area (Å²) < 4.78 is 0. The Hall–Kier alpha value is -3.56. The molecule has 4 amide bonds. The third kappa shape index (κ3) is 8.37. The predicted octanol–water partition coefficient (Wildman–Crippen LogP) is -5.32. The number of carbonyl (C=O) groups is 5. The molecule has 11 N–H and O–H groups in total. The molecule has 0 bridgehead atoms. The molecule has 0 fully saturated rings. The Morgan fingerprint density at radius 1 is 0.968 bits per heavy atom. The lowest BCUT2D eigenvalue weighted by Gasteiger charge is -2.23. The van der Waals surface area contributed by atoms with Crippen LogP contribution in [0.2, 0.25) is 0 Å². The molecular formula is C16H25N7O8. The normalized spacial score (nSPS) is 14.5. The molecule has 1 aromatic heterocycles. The van der Waals surface area contributed by atoms with Crippen LogP contribution in [-0.4, -0.2) is 92.3 Å². The molecule has 4 atom stereocenters. The van der Waals surface area contributed by atoms with Crippen molar-refractivity contribution in [3.63, 3.8) is 0 Å². The molecule has 0 saturated carbocycles. The number of carbonyl (C=O) groups excluding carboxylic acids is 4. The second kappa shape index (κ2) is 12.2. The van der Waals surface area contributed by atoms with Gasteiger partial charge in [0.1, 0.15) is 24.2 Å². The fourth-order valence-corrected chi connectivity index (χ4v) is 2.33. The van der Waals surface area contributed by atoms with Crippen molar-refractivity contribution in [3.05, 3.63) is 18.2 Å². The number of nitrogens with one attached hydrogen (secondary N) is 4. The fraction of sp³-hybridized carbons (Fsp3) is 0.500. The molecular weight excluding hydrogens is 418 g/mol. The van der Waals surface area contributed by atoms with Crippen LogP contribution in [0.25, 0.3) is 0 Å². The number of amides is 4. The number of aliphatic hydroxyl groups is 2. The van der Waals surface area contributed by atoms with Crippen molar-refractivity contribution in [2.45, 2.75) is 37.0 Å². The highest BCUT2D eigenvalue weighted by atomic mass is 16.4. The van der Waals surface area contributed by atoms with E-state index in [0.29, 0.717) is 5.69 Å². The molecule has 4 unspecified atom stereocenters. The molecule has 15 heteroatoms. The molecule has 1 aromatic rings. The average molecular weight is 443 g/mol. The number of nitrogens with two attached hydrogens (primary N) is 2. The Labute approximate surface area is 175 Å². The number of nitrogens with zero attached hydrogens (tertiary/aromatic N) is 1. The van der Waals surface area contributed by atoms with E-state index >= 15 is 0 Å². The van der Waals surface area contributed by atoms with Crippen LogP contribution < -0.4 is 27.4 Å². The van der Waals surface area contributed by atoms with Gasteiger partial charge in [0, 0.05) is 18.3 Å². The maximum absolute atomic E-state index is 12.5. The first-order chi connectivity index (χ1) is 14.6. The highest BCUT2D eigenvalue weighted by Crippen LogP contribution is 2.02. The average Bonchev–Trinajstić information content (AvgIpc) is 3.22. The quantitative estimate of drug-likeness (QED) is 0.140. The third-order valence-electron chi connectivity index (χ3n) is 3.98. The topological polar surface area (TPSA) is 263 Å². The van der Waals surface area contributed by atoms with Crippen LogP contribution in [0.4, 0.5) is 0 Å². The first-order valence-electron chi connectivity index (χ1n) is 8.95. The third-order valence-corrected chi connectivity index (χ3v) is 3.98. The zero-order valence-corrected chi connectivity index (χ0v) is 16.3. The van der Waals surface area contributed by atoms with E-state index in [0.717, 1.165) is 0 Å². The van der Waals surface area contributed by atoms with Crippen molar-refractivity contribution in [3.8, 4) is 0 Å². The van der Waals surface area contributed by atoms with E-state index in [1.54, 1.807) is 0 Å². The van der Waals surface area contributed by atoms with E-state index in [-0.39, 0.29) is 6.42 Å². The first kappa shape index (κ1) is 25.5. The highest BCUT2D eigenvalue weighted by Gasteiger charge is 2.31. The minimum atomic E-state index is -1.59. The summed E-state index contributed by atoms with van der Waals surface area (Å²) in [5, 5.41) is 33.9. The smallest absolute Gasteiger partial charge is 0.326 e. The first-order valence-corrected chi connectivity index (χ1v) is 8.95. The SMILES string of the molecule is NC(=O)CC(NC(=O)C(CO)NC(=O)C(N)CO)C(=O)NC(Cc1cnc[nH]1)C(=O)O. The predicted molar refractivity (Wildman–Crippen MR) is 102 cm³/mol. The molecule has 0 aliphatic heterocycles. The lowest BCUT2D eigenvalue weighted by Crippen LogP contribution is -2.59. The number of H-pyrrole nitrogens is 1. The van der Waals surface area contributed by atoms with Crippen molar-refractivity contribution in [2.75, 3.05) is 13.2 Å². The number of aliphatic carboxylic acids is 1. The van der Waals surface area contributed by atoms with Crippen LogP contribution in [0.5, 0.6) is 0 Å². The van der Waals surface area contributed by atoms with Gasteiger partial charge in [0.25, 0.3) is 0 Å². The Morgan fingerprint density at radius 3 is 2.03 bits per heavy atom. The Morgan fingerprint density at radius 2 is 1.55 bits per heavy atom. The summed E-state index contributed by atoms with van der Waals surface area (Å²) in [4.78, 5) is 65.7. The van der Waals surface area contributed by atoms with Gasteiger partial charge in [-0.2, -0.15) is 0 Å².